The fraction of sp³-hybridized carbons (Fsp3) is 0.250. The van der Waals surface area contributed by atoms with Gasteiger partial charge in [-0.25, -0.2) is 4.68 Å². The van der Waals surface area contributed by atoms with Gasteiger partial charge in [0.2, 0.25) is 5.95 Å². The fourth-order valence-corrected chi connectivity index (χ4v) is 1.08. The first-order chi connectivity index (χ1) is 7.19. The van der Waals surface area contributed by atoms with Crippen molar-refractivity contribution in [2.45, 2.75) is 6.92 Å². The quantitative estimate of drug-likeness (QED) is 0.741. The molecule has 0 spiro atoms. The lowest BCUT2D eigenvalue weighted by atomic mass is 10.4. The lowest BCUT2D eigenvalue weighted by molar-refractivity contribution is 0.377. The number of methoxy groups -OCH3 is 1. The summed E-state index contributed by atoms with van der Waals surface area (Å²) >= 11 is 0. The SMILES string of the molecule is COc1nc(N)nc(-n2cc(C)cn2)n1. The molecular weight excluding hydrogens is 196 g/mol. The zero-order valence-electron chi connectivity index (χ0n) is 8.38. The van der Waals surface area contributed by atoms with Gasteiger partial charge in [0, 0.05) is 6.20 Å². The molecule has 15 heavy (non-hydrogen) atoms. The fourth-order valence-electron chi connectivity index (χ4n) is 1.08. The summed E-state index contributed by atoms with van der Waals surface area (Å²) < 4.78 is 6.39. The number of nitrogen functional groups attached to an aromatic ring is 1. The van der Waals surface area contributed by atoms with E-state index in [9.17, 15) is 0 Å². The van der Waals surface area contributed by atoms with Crippen LogP contribution in [0.1, 0.15) is 5.56 Å². The molecule has 0 radical (unpaired) electrons. The maximum Gasteiger partial charge on any atom is 0.322 e. The predicted octanol–water partition coefficient (Wildman–Crippen LogP) is -0.0435. The van der Waals surface area contributed by atoms with Crippen LogP contribution in [0.2, 0.25) is 0 Å². The van der Waals surface area contributed by atoms with Gasteiger partial charge >= 0.3 is 6.01 Å². The minimum Gasteiger partial charge on any atom is -0.467 e. The number of anilines is 1. The second-order valence-electron chi connectivity index (χ2n) is 2.94. The van der Waals surface area contributed by atoms with Crippen molar-refractivity contribution in [3.63, 3.8) is 0 Å². The topological polar surface area (TPSA) is 91.7 Å². The molecule has 0 saturated heterocycles. The van der Waals surface area contributed by atoms with Crippen molar-refractivity contribution >= 4 is 5.95 Å². The Kier molecular flexibility index (Phi) is 2.20. The smallest absolute Gasteiger partial charge is 0.322 e. The molecule has 0 saturated carbocycles. The molecule has 0 aliphatic heterocycles. The molecule has 2 heterocycles. The monoisotopic (exact) mass is 206 g/mol. The van der Waals surface area contributed by atoms with Gasteiger partial charge in [0.05, 0.1) is 13.3 Å². The summed E-state index contributed by atoms with van der Waals surface area (Å²) in [7, 11) is 1.47. The van der Waals surface area contributed by atoms with E-state index in [2.05, 4.69) is 20.1 Å². The number of aryl methyl sites for hydroxylation is 1. The molecule has 0 unspecified atom stereocenters. The molecule has 0 bridgehead atoms. The van der Waals surface area contributed by atoms with E-state index in [0.717, 1.165) is 5.56 Å². The lowest BCUT2D eigenvalue weighted by Gasteiger charge is -2.02. The Hall–Kier alpha value is -2.18. The lowest BCUT2D eigenvalue weighted by Crippen LogP contribution is -2.07. The Bertz CT molecular complexity index is 480. The van der Waals surface area contributed by atoms with Crippen molar-refractivity contribution < 1.29 is 4.74 Å². The summed E-state index contributed by atoms with van der Waals surface area (Å²) in [5.74, 6) is 0.442. The summed E-state index contributed by atoms with van der Waals surface area (Å²) in [6.07, 6.45) is 3.49. The molecule has 0 aromatic carbocycles. The van der Waals surface area contributed by atoms with Crippen LogP contribution in [0, 0.1) is 6.92 Å². The van der Waals surface area contributed by atoms with Crippen LogP contribution in [0.3, 0.4) is 0 Å². The normalized spacial score (nSPS) is 10.3. The zero-order valence-corrected chi connectivity index (χ0v) is 8.38. The summed E-state index contributed by atoms with van der Waals surface area (Å²) in [4.78, 5) is 11.7. The maximum atomic E-state index is 5.50. The molecule has 7 heteroatoms. The number of hydrogen-bond donors (Lipinski definition) is 1. The van der Waals surface area contributed by atoms with E-state index in [1.54, 1.807) is 12.4 Å². The summed E-state index contributed by atoms with van der Waals surface area (Å²) in [5.41, 5.74) is 6.50. The van der Waals surface area contributed by atoms with E-state index in [1.165, 1.54) is 11.8 Å². The number of rotatable bonds is 2. The molecule has 0 amide bonds. The summed E-state index contributed by atoms with van der Waals surface area (Å²) in [6, 6.07) is 0.172. The average Bonchev–Trinajstić information content (AvgIpc) is 2.64. The van der Waals surface area contributed by atoms with Crippen LogP contribution in [0.5, 0.6) is 6.01 Å². The van der Waals surface area contributed by atoms with Gasteiger partial charge in [-0.05, 0) is 12.5 Å². The van der Waals surface area contributed by atoms with Gasteiger partial charge < -0.3 is 10.5 Å². The largest absolute Gasteiger partial charge is 0.467 e. The second-order valence-corrected chi connectivity index (χ2v) is 2.94. The molecular formula is C8H10N6O. The minimum atomic E-state index is 0.102. The van der Waals surface area contributed by atoms with E-state index in [4.69, 9.17) is 10.5 Å². The minimum absolute atomic E-state index is 0.102. The summed E-state index contributed by atoms with van der Waals surface area (Å²) in [6.45, 7) is 1.92. The highest BCUT2D eigenvalue weighted by molar-refractivity contribution is 5.25. The average molecular weight is 206 g/mol. The van der Waals surface area contributed by atoms with Crippen LogP contribution in [0.25, 0.3) is 5.95 Å². The number of aromatic nitrogens is 5. The van der Waals surface area contributed by atoms with Crippen LogP contribution in [-0.4, -0.2) is 31.8 Å². The highest BCUT2D eigenvalue weighted by Gasteiger charge is 2.06. The van der Waals surface area contributed by atoms with Crippen molar-refractivity contribution in [3.8, 4) is 12.0 Å². The number of nitrogens with zero attached hydrogens (tertiary/aromatic N) is 5. The highest BCUT2D eigenvalue weighted by atomic mass is 16.5. The molecule has 78 valence electrons. The van der Waals surface area contributed by atoms with Crippen LogP contribution < -0.4 is 10.5 Å². The van der Waals surface area contributed by atoms with Crippen molar-refractivity contribution in [2.75, 3.05) is 12.8 Å². The molecule has 2 aromatic heterocycles. The first kappa shape index (κ1) is 9.38. The Morgan fingerprint density at radius 1 is 1.33 bits per heavy atom. The standard InChI is InChI=1S/C8H10N6O/c1-5-3-10-14(4-5)7-11-6(9)12-8(13-7)15-2/h3-4H,1-2H3,(H2,9,11,12,13). The van der Waals surface area contributed by atoms with E-state index in [-0.39, 0.29) is 12.0 Å². The Morgan fingerprint density at radius 3 is 2.73 bits per heavy atom. The second kappa shape index (κ2) is 3.52. The van der Waals surface area contributed by atoms with E-state index >= 15 is 0 Å². The Morgan fingerprint density at radius 2 is 2.13 bits per heavy atom. The van der Waals surface area contributed by atoms with Gasteiger partial charge in [0.1, 0.15) is 0 Å². The first-order valence-electron chi connectivity index (χ1n) is 4.26. The Balaban J connectivity index is 2.48. The molecule has 2 rings (SSSR count). The van der Waals surface area contributed by atoms with E-state index in [0.29, 0.717) is 5.95 Å². The van der Waals surface area contributed by atoms with E-state index in [1.807, 2.05) is 6.92 Å². The van der Waals surface area contributed by atoms with Crippen molar-refractivity contribution in [2.24, 2.45) is 0 Å². The molecule has 2 aromatic rings. The number of nitrogens with two attached hydrogens (primary N) is 1. The van der Waals surface area contributed by atoms with Crippen LogP contribution in [-0.2, 0) is 0 Å². The van der Waals surface area contributed by atoms with Gasteiger partial charge in [-0.1, -0.05) is 0 Å². The van der Waals surface area contributed by atoms with Gasteiger partial charge in [0.15, 0.2) is 0 Å². The number of hydrogen-bond acceptors (Lipinski definition) is 6. The van der Waals surface area contributed by atoms with Gasteiger partial charge in [-0.15, -0.1) is 0 Å². The van der Waals surface area contributed by atoms with Gasteiger partial charge in [0.25, 0.3) is 5.95 Å². The molecule has 0 aliphatic rings. The molecule has 7 nitrogen and oxygen atoms in total. The van der Waals surface area contributed by atoms with E-state index < -0.39 is 0 Å². The van der Waals surface area contributed by atoms with Gasteiger partial charge in [-0.3, -0.25) is 0 Å². The third-order valence-electron chi connectivity index (χ3n) is 1.72. The predicted molar refractivity (Wildman–Crippen MR) is 52.7 cm³/mol. The summed E-state index contributed by atoms with van der Waals surface area (Å²) in [5, 5.41) is 4.06. The Labute approximate surface area is 85.9 Å². The molecule has 0 aliphatic carbocycles. The maximum absolute atomic E-state index is 5.50. The molecule has 0 atom stereocenters. The van der Waals surface area contributed by atoms with Gasteiger partial charge in [-0.2, -0.15) is 20.1 Å². The van der Waals surface area contributed by atoms with Crippen LogP contribution in [0.4, 0.5) is 5.95 Å². The zero-order chi connectivity index (χ0) is 10.8. The van der Waals surface area contributed by atoms with Crippen LogP contribution >= 0.6 is 0 Å². The van der Waals surface area contributed by atoms with Crippen molar-refractivity contribution in [1.82, 2.24) is 24.7 Å². The van der Waals surface area contributed by atoms with Crippen LogP contribution in [0.15, 0.2) is 12.4 Å². The third kappa shape index (κ3) is 1.85. The third-order valence-corrected chi connectivity index (χ3v) is 1.72. The number of ether oxygens (including phenoxy) is 1. The van der Waals surface area contributed by atoms with Crippen molar-refractivity contribution in [1.29, 1.82) is 0 Å². The first-order valence-corrected chi connectivity index (χ1v) is 4.26. The molecule has 2 N–H and O–H groups in total. The molecule has 0 fully saturated rings. The highest BCUT2D eigenvalue weighted by Crippen LogP contribution is 2.08. The van der Waals surface area contributed by atoms with Crippen molar-refractivity contribution in [3.05, 3.63) is 18.0 Å².